The van der Waals surface area contributed by atoms with Crippen LogP contribution in [0, 0.1) is 5.92 Å². The fraction of sp³-hybridized carbons (Fsp3) is 0.385. The normalized spacial score (nSPS) is 11.7. The van der Waals surface area contributed by atoms with Gasteiger partial charge in [0.05, 0.1) is 12.3 Å². The molecule has 0 aliphatic carbocycles. The highest BCUT2D eigenvalue weighted by Crippen LogP contribution is 2.24. The summed E-state index contributed by atoms with van der Waals surface area (Å²) < 4.78 is 5.38. The summed E-state index contributed by atoms with van der Waals surface area (Å²) in [6.07, 6.45) is 0.0653. The molecule has 5 heteroatoms. The molecule has 0 saturated carbocycles. The lowest BCUT2D eigenvalue weighted by Crippen LogP contribution is -2.25. The number of primary amides is 1. The van der Waals surface area contributed by atoms with E-state index in [4.69, 9.17) is 10.5 Å². The smallest absolute Gasteiger partial charge is 0.225 e. The van der Waals surface area contributed by atoms with Crippen LogP contribution in [0.3, 0.4) is 0 Å². The summed E-state index contributed by atoms with van der Waals surface area (Å²) in [5.41, 5.74) is 5.71. The summed E-state index contributed by atoms with van der Waals surface area (Å²) in [6, 6.07) is 7.15. The number of nitrogens with two attached hydrogens (primary N) is 1. The number of carbonyl (C=O) groups excluding carboxylic acids is 2. The monoisotopic (exact) mass is 250 g/mol. The van der Waals surface area contributed by atoms with Crippen molar-refractivity contribution in [1.29, 1.82) is 0 Å². The third-order valence-corrected chi connectivity index (χ3v) is 2.44. The number of ether oxygens (including phenoxy) is 1. The van der Waals surface area contributed by atoms with Crippen molar-refractivity contribution in [1.82, 2.24) is 0 Å². The molecule has 1 aromatic rings. The van der Waals surface area contributed by atoms with Crippen LogP contribution in [0.15, 0.2) is 24.3 Å². The Morgan fingerprint density at radius 1 is 1.39 bits per heavy atom. The summed E-state index contributed by atoms with van der Waals surface area (Å²) in [4.78, 5) is 22.6. The second-order valence-electron chi connectivity index (χ2n) is 3.98. The molecular formula is C13H18N2O3. The van der Waals surface area contributed by atoms with Crippen LogP contribution >= 0.6 is 0 Å². The molecule has 98 valence electrons. The summed E-state index contributed by atoms with van der Waals surface area (Å²) in [5, 5.41) is 2.71. The zero-order chi connectivity index (χ0) is 13.5. The van der Waals surface area contributed by atoms with Crippen LogP contribution in [0.2, 0.25) is 0 Å². The van der Waals surface area contributed by atoms with Gasteiger partial charge in [-0.25, -0.2) is 0 Å². The minimum absolute atomic E-state index is 0.0653. The van der Waals surface area contributed by atoms with Gasteiger partial charge < -0.3 is 15.8 Å². The SMILES string of the molecule is CCOc1ccccc1NC(=O)CC(C)C(N)=O. The maximum absolute atomic E-state index is 11.7. The van der Waals surface area contributed by atoms with Crippen LogP contribution in [0.4, 0.5) is 5.69 Å². The number of carbonyl (C=O) groups is 2. The van der Waals surface area contributed by atoms with Gasteiger partial charge in [-0.2, -0.15) is 0 Å². The van der Waals surface area contributed by atoms with Crippen LogP contribution in [-0.4, -0.2) is 18.4 Å². The van der Waals surface area contributed by atoms with E-state index < -0.39 is 11.8 Å². The molecular weight excluding hydrogens is 232 g/mol. The van der Waals surface area contributed by atoms with Gasteiger partial charge in [-0.3, -0.25) is 9.59 Å². The van der Waals surface area contributed by atoms with E-state index >= 15 is 0 Å². The summed E-state index contributed by atoms with van der Waals surface area (Å²) in [5.74, 6) is -0.610. The predicted molar refractivity (Wildman–Crippen MR) is 69.2 cm³/mol. The zero-order valence-electron chi connectivity index (χ0n) is 10.6. The van der Waals surface area contributed by atoms with Crippen LogP contribution in [-0.2, 0) is 9.59 Å². The predicted octanol–water partition coefficient (Wildman–Crippen LogP) is 1.54. The van der Waals surface area contributed by atoms with E-state index in [0.717, 1.165) is 0 Å². The van der Waals surface area contributed by atoms with Crippen molar-refractivity contribution in [3.63, 3.8) is 0 Å². The number of para-hydroxylation sites is 2. The standard InChI is InChI=1S/C13H18N2O3/c1-3-18-11-7-5-4-6-10(11)15-12(16)8-9(2)13(14)17/h4-7,9H,3,8H2,1-2H3,(H2,14,17)(H,15,16). The van der Waals surface area contributed by atoms with E-state index in [1.54, 1.807) is 25.1 Å². The van der Waals surface area contributed by atoms with E-state index in [1.807, 2.05) is 13.0 Å². The van der Waals surface area contributed by atoms with Gasteiger partial charge in [-0.05, 0) is 19.1 Å². The quantitative estimate of drug-likeness (QED) is 0.803. The minimum Gasteiger partial charge on any atom is -0.492 e. The molecule has 0 fully saturated rings. The lowest BCUT2D eigenvalue weighted by molar-refractivity contribution is -0.125. The van der Waals surface area contributed by atoms with E-state index in [2.05, 4.69) is 5.32 Å². The largest absolute Gasteiger partial charge is 0.492 e. The Morgan fingerprint density at radius 3 is 2.67 bits per heavy atom. The fourth-order valence-electron chi connectivity index (χ4n) is 1.43. The molecule has 0 bridgehead atoms. The molecule has 1 atom stereocenters. The highest BCUT2D eigenvalue weighted by atomic mass is 16.5. The third-order valence-electron chi connectivity index (χ3n) is 2.44. The average Bonchev–Trinajstić information content (AvgIpc) is 2.31. The molecule has 0 aliphatic rings. The summed E-state index contributed by atoms with van der Waals surface area (Å²) in [6.45, 7) is 4.01. The Balaban J connectivity index is 2.66. The highest BCUT2D eigenvalue weighted by molar-refractivity contribution is 5.94. The molecule has 1 rings (SSSR count). The minimum atomic E-state index is -0.483. The lowest BCUT2D eigenvalue weighted by atomic mass is 10.1. The topological polar surface area (TPSA) is 81.4 Å². The van der Waals surface area contributed by atoms with Crippen LogP contribution in [0.25, 0.3) is 0 Å². The molecule has 1 aromatic carbocycles. The Labute approximate surface area is 106 Å². The number of nitrogens with one attached hydrogen (secondary N) is 1. The fourth-order valence-corrected chi connectivity index (χ4v) is 1.43. The van der Waals surface area contributed by atoms with Gasteiger partial charge in [0.1, 0.15) is 5.75 Å². The van der Waals surface area contributed by atoms with Gasteiger partial charge in [0, 0.05) is 12.3 Å². The first-order valence-corrected chi connectivity index (χ1v) is 5.85. The molecule has 2 amide bonds. The molecule has 18 heavy (non-hydrogen) atoms. The van der Waals surface area contributed by atoms with Crippen LogP contribution < -0.4 is 15.8 Å². The summed E-state index contributed by atoms with van der Waals surface area (Å²) in [7, 11) is 0. The molecule has 0 heterocycles. The Kier molecular flexibility index (Phi) is 5.17. The van der Waals surface area contributed by atoms with Gasteiger partial charge in [-0.15, -0.1) is 0 Å². The number of anilines is 1. The number of amides is 2. The van der Waals surface area contributed by atoms with Crippen molar-refractivity contribution in [2.45, 2.75) is 20.3 Å². The molecule has 0 aliphatic heterocycles. The van der Waals surface area contributed by atoms with Crippen LogP contribution in [0.1, 0.15) is 20.3 Å². The van der Waals surface area contributed by atoms with Crippen molar-refractivity contribution in [2.75, 3.05) is 11.9 Å². The zero-order valence-corrected chi connectivity index (χ0v) is 10.6. The number of hydrogen-bond donors (Lipinski definition) is 2. The molecule has 0 radical (unpaired) electrons. The van der Waals surface area contributed by atoms with Crippen molar-refractivity contribution >= 4 is 17.5 Å². The van der Waals surface area contributed by atoms with Crippen LogP contribution in [0.5, 0.6) is 5.75 Å². The first-order valence-electron chi connectivity index (χ1n) is 5.85. The Hall–Kier alpha value is -2.04. The maximum Gasteiger partial charge on any atom is 0.225 e. The second kappa shape index (κ2) is 6.64. The highest BCUT2D eigenvalue weighted by Gasteiger charge is 2.15. The maximum atomic E-state index is 11.7. The first-order chi connectivity index (χ1) is 8.54. The lowest BCUT2D eigenvalue weighted by Gasteiger charge is -2.12. The molecule has 5 nitrogen and oxygen atoms in total. The molecule has 0 spiro atoms. The third kappa shape index (κ3) is 4.08. The molecule has 0 saturated heterocycles. The van der Waals surface area contributed by atoms with Gasteiger partial charge in [0.15, 0.2) is 0 Å². The Morgan fingerprint density at radius 2 is 2.06 bits per heavy atom. The van der Waals surface area contributed by atoms with E-state index in [0.29, 0.717) is 18.0 Å². The molecule has 0 aromatic heterocycles. The van der Waals surface area contributed by atoms with Gasteiger partial charge in [0.2, 0.25) is 11.8 Å². The van der Waals surface area contributed by atoms with Gasteiger partial charge >= 0.3 is 0 Å². The van der Waals surface area contributed by atoms with E-state index in [1.165, 1.54) is 0 Å². The van der Waals surface area contributed by atoms with Crippen molar-refractivity contribution in [2.24, 2.45) is 11.7 Å². The number of rotatable bonds is 6. The summed E-state index contributed by atoms with van der Waals surface area (Å²) >= 11 is 0. The number of benzene rings is 1. The van der Waals surface area contributed by atoms with E-state index in [-0.39, 0.29) is 12.3 Å². The van der Waals surface area contributed by atoms with Gasteiger partial charge in [0.25, 0.3) is 0 Å². The Bertz CT molecular complexity index is 432. The first kappa shape index (κ1) is 14.0. The van der Waals surface area contributed by atoms with Crippen molar-refractivity contribution < 1.29 is 14.3 Å². The van der Waals surface area contributed by atoms with Gasteiger partial charge in [-0.1, -0.05) is 19.1 Å². The molecule has 1 unspecified atom stereocenters. The average molecular weight is 250 g/mol. The van der Waals surface area contributed by atoms with Crippen molar-refractivity contribution in [3.05, 3.63) is 24.3 Å². The second-order valence-corrected chi connectivity index (χ2v) is 3.98. The van der Waals surface area contributed by atoms with E-state index in [9.17, 15) is 9.59 Å². The van der Waals surface area contributed by atoms with Crippen molar-refractivity contribution in [3.8, 4) is 5.75 Å². The number of hydrogen-bond acceptors (Lipinski definition) is 3. The molecule has 3 N–H and O–H groups in total.